The van der Waals surface area contributed by atoms with Crippen molar-refractivity contribution in [2.24, 2.45) is 5.73 Å². The molecular weight excluding hydrogens is 264 g/mol. The SMILES string of the molecule is CN(C)c1nnc(SCc2cccc(CN)c2)s1. The van der Waals surface area contributed by atoms with Crippen LogP contribution in [-0.4, -0.2) is 24.3 Å². The molecule has 2 rings (SSSR count). The Labute approximate surface area is 115 Å². The minimum Gasteiger partial charge on any atom is -0.353 e. The number of thioether (sulfide) groups is 1. The Morgan fingerprint density at radius 3 is 2.72 bits per heavy atom. The van der Waals surface area contributed by atoms with E-state index in [2.05, 4.69) is 22.3 Å². The van der Waals surface area contributed by atoms with Crippen LogP contribution in [0.2, 0.25) is 0 Å². The molecule has 96 valence electrons. The molecule has 0 atom stereocenters. The fourth-order valence-electron chi connectivity index (χ4n) is 1.43. The number of nitrogens with zero attached hydrogens (tertiary/aromatic N) is 3. The van der Waals surface area contributed by atoms with Crippen molar-refractivity contribution in [3.05, 3.63) is 35.4 Å². The summed E-state index contributed by atoms with van der Waals surface area (Å²) in [5.74, 6) is 0.899. The van der Waals surface area contributed by atoms with Gasteiger partial charge in [0.25, 0.3) is 0 Å². The van der Waals surface area contributed by atoms with Gasteiger partial charge < -0.3 is 10.6 Å². The molecule has 4 nitrogen and oxygen atoms in total. The third-order valence-electron chi connectivity index (χ3n) is 2.37. The van der Waals surface area contributed by atoms with E-state index in [1.165, 1.54) is 11.1 Å². The van der Waals surface area contributed by atoms with Crippen LogP contribution in [0.25, 0.3) is 0 Å². The van der Waals surface area contributed by atoms with E-state index in [1.54, 1.807) is 23.1 Å². The predicted molar refractivity (Wildman–Crippen MR) is 78.1 cm³/mol. The van der Waals surface area contributed by atoms with E-state index in [4.69, 9.17) is 5.73 Å². The summed E-state index contributed by atoms with van der Waals surface area (Å²) in [7, 11) is 3.94. The lowest BCUT2D eigenvalue weighted by Gasteiger charge is -2.04. The van der Waals surface area contributed by atoms with Crippen LogP contribution in [0, 0.1) is 0 Å². The van der Waals surface area contributed by atoms with Gasteiger partial charge in [-0.1, -0.05) is 47.4 Å². The topological polar surface area (TPSA) is 55.0 Å². The van der Waals surface area contributed by atoms with Gasteiger partial charge in [0.15, 0.2) is 4.34 Å². The molecule has 1 aromatic carbocycles. The van der Waals surface area contributed by atoms with Crippen LogP contribution in [0.1, 0.15) is 11.1 Å². The van der Waals surface area contributed by atoms with E-state index < -0.39 is 0 Å². The van der Waals surface area contributed by atoms with Gasteiger partial charge in [-0.05, 0) is 11.1 Å². The molecule has 2 N–H and O–H groups in total. The van der Waals surface area contributed by atoms with Crippen molar-refractivity contribution in [2.75, 3.05) is 19.0 Å². The fourth-order valence-corrected chi connectivity index (χ4v) is 3.14. The maximum absolute atomic E-state index is 5.63. The predicted octanol–water partition coefficient (Wildman–Crippen LogP) is 2.36. The van der Waals surface area contributed by atoms with Crippen molar-refractivity contribution in [2.45, 2.75) is 16.6 Å². The molecule has 0 aliphatic heterocycles. The highest BCUT2D eigenvalue weighted by Crippen LogP contribution is 2.29. The van der Waals surface area contributed by atoms with Gasteiger partial charge in [0.1, 0.15) is 0 Å². The van der Waals surface area contributed by atoms with Crippen LogP contribution >= 0.6 is 23.1 Å². The first-order chi connectivity index (χ1) is 8.69. The largest absolute Gasteiger partial charge is 0.353 e. The fraction of sp³-hybridized carbons (Fsp3) is 0.333. The average molecular weight is 280 g/mol. The first-order valence-electron chi connectivity index (χ1n) is 5.60. The van der Waals surface area contributed by atoms with Crippen molar-refractivity contribution in [1.82, 2.24) is 10.2 Å². The molecule has 0 bridgehead atoms. The Morgan fingerprint density at radius 2 is 2.06 bits per heavy atom. The van der Waals surface area contributed by atoms with Gasteiger partial charge in [-0.3, -0.25) is 0 Å². The molecule has 1 aromatic heterocycles. The number of rotatable bonds is 5. The highest BCUT2D eigenvalue weighted by molar-refractivity contribution is 8.00. The highest BCUT2D eigenvalue weighted by atomic mass is 32.2. The maximum Gasteiger partial charge on any atom is 0.208 e. The van der Waals surface area contributed by atoms with Crippen LogP contribution in [0.4, 0.5) is 5.13 Å². The molecule has 0 saturated heterocycles. The Bertz CT molecular complexity index is 510. The number of aromatic nitrogens is 2. The lowest BCUT2D eigenvalue weighted by molar-refractivity contribution is 0.972. The Hall–Kier alpha value is -1.11. The summed E-state index contributed by atoms with van der Waals surface area (Å²) in [5, 5.41) is 9.21. The third-order valence-corrected chi connectivity index (χ3v) is 4.66. The summed E-state index contributed by atoms with van der Waals surface area (Å²) in [5.41, 5.74) is 8.06. The number of anilines is 1. The third kappa shape index (κ3) is 3.44. The summed E-state index contributed by atoms with van der Waals surface area (Å²) < 4.78 is 0.997. The van der Waals surface area contributed by atoms with E-state index in [1.807, 2.05) is 31.1 Å². The van der Waals surface area contributed by atoms with E-state index in [0.717, 1.165) is 15.2 Å². The normalized spacial score (nSPS) is 10.6. The zero-order valence-corrected chi connectivity index (χ0v) is 12.1. The van der Waals surface area contributed by atoms with Crippen molar-refractivity contribution in [3.8, 4) is 0 Å². The summed E-state index contributed by atoms with van der Waals surface area (Å²) in [6, 6.07) is 8.34. The molecule has 0 unspecified atom stereocenters. The second-order valence-electron chi connectivity index (χ2n) is 4.06. The molecule has 0 radical (unpaired) electrons. The van der Waals surface area contributed by atoms with Crippen LogP contribution in [0.3, 0.4) is 0 Å². The van der Waals surface area contributed by atoms with E-state index in [0.29, 0.717) is 6.54 Å². The van der Waals surface area contributed by atoms with Gasteiger partial charge in [-0.15, -0.1) is 10.2 Å². The Morgan fingerprint density at radius 1 is 1.28 bits per heavy atom. The second-order valence-corrected chi connectivity index (χ2v) is 6.24. The van der Waals surface area contributed by atoms with Crippen LogP contribution in [0.5, 0.6) is 0 Å². The van der Waals surface area contributed by atoms with Crippen molar-refractivity contribution < 1.29 is 0 Å². The monoisotopic (exact) mass is 280 g/mol. The minimum absolute atomic E-state index is 0.585. The molecule has 6 heteroatoms. The number of hydrogen-bond acceptors (Lipinski definition) is 6. The zero-order chi connectivity index (χ0) is 13.0. The number of benzene rings is 1. The molecule has 0 aliphatic rings. The maximum atomic E-state index is 5.63. The van der Waals surface area contributed by atoms with E-state index >= 15 is 0 Å². The minimum atomic E-state index is 0.585. The van der Waals surface area contributed by atoms with E-state index in [9.17, 15) is 0 Å². The van der Waals surface area contributed by atoms with Gasteiger partial charge >= 0.3 is 0 Å². The lowest BCUT2D eigenvalue weighted by atomic mass is 10.1. The molecule has 1 heterocycles. The molecule has 0 spiro atoms. The van der Waals surface area contributed by atoms with Gasteiger partial charge in [0.2, 0.25) is 5.13 Å². The Kier molecular flexibility index (Phi) is 4.57. The lowest BCUT2D eigenvalue weighted by Crippen LogP contribution is -2.07. The summed E-state index contributed by atoms with van der Waals surface area (Å²) >= 11 is 3.32. The van der Waals surface area contributed by atoms with Gasteiger partial charge in [0, 0.05) is 26.4 Å². The molecular formula is C12H16N4S2. The van der Waals surface area contributed by atoms with Crippen LogP contribution in [-0.2, 0) is 12.3 Å². The second kappa shape index (κ2) is 6.17. The average Bonchev–Trinajstić information content (AvgIpc) is 2.85. The van der Waals surface area contributed by atoms with E-state index in [-0.39, 0.29) is 0 Å². The van der Waals surface area contributed by atoms with Crippen LogP contribution in [0.15, 0.2) is 28.6 Å². The van der Waals surface area contributed by atoms with Gasteiger partial charge in [0.05, 0.1) is 0 Å². The molecule has 0 fully saturated rings. The molecule has 0 aliphatic carbocycles. The molecule has 18 heavy (non-hydrogen) atoms. The van der Waals surface area contributed by atoms with Gasteiger partial charge in [-0.2, -0.15) is 0 Å². The first-order valence-corrected chi connectivity index (χ1v) is 7.41. The van der Waals surface area contributed by atoms with Gasteiger partial charge in [-0.25, -0.2) is 0 Å². The quantitative estimate of drug-likeness (QED) is 0.852. The smallest absolute Gasteiger partial charge is 0.208 e. The molecule has 2 aromatic rings. The van der Waals surface area contributed by atoms with Crippen molar-refractivity contribution >= 4 is 28.2 Å². The summed E-state index contributed by atoms with van der Waals surface area (Å²) in [6.07, 6.45) is 0. The first kappa shape index (κ1) is 13.3. The van der Waals surface area contributed by atoms with Crippen molar-refractivity contribution in [1.29, 1.82) is 0 Å². The van der Waals surface area contributed by atoms with Crippen LogP contribution < -0.4 is 10.6 Å². The standard InChI is InChI=1S/C12H16N4S2/c1-16(2)11-14-15-12(18-11)17-8-10-5-3-4-9(6-10)7-13/h3-6H,7-8,13H2,1-2H3. The highest BCUT2D eigenvalue weighted by Gasteiger charge is 2.06. The molecule has 0 saturated carbocycles. The summed E-state index contributed by atoms with van der Waals surface area (Å²) in [4.78, 5) is 1.97. The van der Waals surface area contributed by atoms with Crippen molar-refractivity contribution in [3.63, 3.8) is 0 Å². The Balaban J connectivity index is 1.97. The zero-order valence-electron chi connectivity index (χ0n) is 10.5. The number of nitrogens with two attached hydrogens (primary N) is 1. The number of hydrogen-bond donors (Lipinski definition) is 1. The molecule has 0 amide bonds. The summed E-state index contributed by atoms with van der Waals surface area (Å²) in [6.45, 7) is 0.585.